The number of aliphatic imine (C=N–C) groups is 1. The van der Waals surface area contributed by atoms with E-state index < -0.39 is 18.1 Å². The molecule has 4 N–H and O–H groups in total. The Bertz CT molecular complexity index is 2600. The SMILES string of the molecule is C.CC(=O)[C@H](Cc1ccccc1)NC(=O)C(C)Cc1ccccc1.CCOC(=O)C(N)CCc1ccccc1.CCOC(=O)[C@@H](CCc1ccccc1)N=C(C)C(Cc1ccccc1)NC(=O)C(C)Cc1ccccc1. The van der Waals surface area contributed by atoms with Gasteiger partial charge in [0, 0.05) is 17.5 Å². The molecule has 6 aromatic rings. The van der Waals surface area contributed by atoms with Crippen LogP contribution in [0.3, 0.4) is 0 Å². The number of aryl methyl sites for hydroxylation is 2. The quantitative estimate of drug-likeness (QED) is 0.0376. The van der Waals surface area contributed by atoms with Crippen molar-refractivity contribution in [1.29, 1.82) is 0 Å². The van der Waals surface area contributed by atoms with Crippen LogP contribution >= 0.6 is 0 Å². The summed E-state index contributed by atoms with van der Waals surface area (Å²) in [5, 5.41) is 6.11. The number of amides is 2. The highest BCUT2D eigenvalue weighted by atomic mass is 16.5. The van der Waals surface area contributed by atoms with Crippen LogP contribution in [-0.4, -0.2) is 72.6 Å². The van der Waals surface area contributed by atoms with Crippen LogP contribution in [-0.2, 0) is 72.0 Å². The van der Waals surface area contributed by atoms with Gasteiger partial charge in [-0.3, -0.25) is 24.2 Å². The van der Waals surface area contributed by atoms with Gasteiger partial charge in [-0.15, -0.1) is 0 Å². The molecule has 0 fully saturated rings. The summed E-state index contributed by atoms with van der Waals surface area (Å²) < 4.78 is 10.2. The molecule has 2 amide bonds. The first kappa shape index (κ1) is 62.8. The van der Waals surface area contributed by atoms with E-state index in [-0.39, 0.29) is 54.8 Å². The zero-order valence-electron chi connectivity index (χ0n) is 44.7. The molecule has 0 aliphatic carbocycles. The fourth-order valence-corrected chi connectivity index (χ4v) is 8.14. The number of carbonyl (C=O) groups is 5. The number of esters is 2. The van der Waals surface area contributed by atoms with Gasteiger partial charge < -0.3 is 25.8 Å². The zero-order chi connectivity index (χ0) is 54.2. The smallest absolute Gasteiger partial charge is 0.330 e. The summed E-state index contributed by atoms with van der Waals surface area (Å²) in [7, 11) is 0. The second-order valence-electron chi connectivity index (χ2n) is 18.7. The standard InChI is InChI=1S/C32H38N2O3.C20H23NO2.C12H17NO2.CH4/c1-4-37-32(36)29(21-20-26-14-8-5-9-15-26)33-25(3)30(23-28-18-12-7-13-19-28)34-31(35)24(2)22-27-16-10-6-11-17-27;1-15(13-17-9-5-3-6-10-17)20(23)21-19(16(2)22)14-18-11-7-4-8-12-18;1-2-15-12(14)11(13)9-8-10-6-4-3-5-7-10;/h5-19,24,29-30H,4,20-23H2,1-3H3,(H,34,35);3-12,15,19H,13-14H2,1-2H3,(H,21,23);3-7,11H,2,8-9,13H2,1H3;1H4/t24?,29-,30?;15?,19-;;/m10../s1. The van der Waals surface area contributed by atoms with Crippen molar-refractivity contribution in [3.8, 4) is 0 Å². The molecule has 0 aliphatic heterocycles. The van der Waals surface area contributed by atoms with E-state index in [0.717, 1.165) is 39.9 Å². The van der Waals surface area contributed by atoms with E-state index in [2.05, 4.69) is 10.6 Å². The van der Waals surface area contributed by atoms with Gasteiger partial charge in [-0.2, -0.15) is 0 Å². The van der Waals surface area contributed by atoms with Crippen molar-refractivity contribution >= 4 is 35.2 Å². The van der Waals surface area contributed by atoms with Crippen molar-refractivity contribution < 1.29 is 33.4 Å². The molecular weight excluding hydrogens is 949 g/mol. The first-order valence-electron chi connectivity index (χ1n) is 26.2. The molecule has 404 valence electrons. The summed E-state index contributed by atoms with van der Waals surface area (Å²) in [6.45, 7) is 11.5. The molecule has 4 unspecified atom stereocenters. The monoisotopic (exact) mass is 1030 g/mol. The number of nitrogens with zero attached hydrogens (tertiary/aromatic N) is 1. The second-order valence-corrected chi connectivity index (χ2v) is 18.7. The van der Waals surface area contributed by atoms with E-state index in [0.29, 0.717) is 58.2 Å². The molecule has 0 spiro atoms. The molecule has 6 aromatic carbocycles. The van der Waals surface area contributed by atoms with Crippen LogP contribution in [0.1, 0.15) is 95.2 Å². The van der Waals surface area contributed by atoms with Crippen molar-refractivity contribution in [2.45, 2.75) is 125 Å². The first-order chi connectivity index (χ1) is 36.3. The summed E-state index contributed by atoms with van der Waals surface area (Å²) in [5.41, 5.74) is 13.1. The molecule has 0 heterocycles. The number of nitrogens with one attached hydrogen (secondary N) is 2. The maximum atomic E-state index is 13.2. The van der Waals surface area contributed by atoms with Crippen molar-refractivity contribution in [1.82, 2.24) is 10.6 Å². The third-order valence-corrected chi connectivity index (χ3v) is 12.5. The minimum absolute atomic E-state index is 0. The van der Waals surface area contributed by atoms with Crippen molar-refractivity contribution in [2.75, 3.05) is 13.2 Å². The van der Waals surface area contributed by atoms with Crippen LogP contribution in [0.25, 0.3) is 0 Å². The van der Waals surface area contributed by atoms with Crippen molar-refractivity contribution in [3.05, 3.63) is 215 Å². The minimum Gasteiger partial charge on any atom is -0.465 e. The number of hydrogen-bond acceptors (Lipinski definition) is 9. The Morgan fingerprint density at radius 2 is 0.776 bits per heavy atom. The van der Waals surface area contributed by atoms with E-state index in [4.69, 9.17) is 20.2 Å². The Kier molecular flexibility index (Phi) is 29.5. The van der Waals surface area contributed by atoms with Gasteiger partial charge in [-0.05, 0) is 112 Å². The average Bonchev–Trinajstić information content (AvgIpc) is 3.43. The Morgan fingerprint density at radius 1 is 0.461 bits per heavy atom. The topological polar surface area (TPSA) is 166 Å². The Hall–Kier alpha value is -7.50. The molecule has 6 rings (SSSR count). The highest BCUT2D eigenvalue weighted by Crippen LogP contribution is 2.15. The Labute approximate surface area is 453 Å². The van der Waals surface area contributed by atoms with Gasteiger partial charge in [0.05, 0.1) is 25.3 Å². The summed E-state index contributed by atoms with van der Waals surface area (Å²) in [5.74, 6) is -1.15. The number of benzene rings is 6. The normalized spacial score (nSPS) is 13.1. The van der Waals surface area contributed by atoms with Crippen LogP contribution in [0.5, 0.6) is 0 Å². The molecule has 0 aliphatic rings. The maximum absolute atomic E-state index is 13.2. The fraction of sp³-hybridized carbons (Fsp3) is 0.354. The number of ketones is 1. The molecule has 76 heavy (non-hydrogen) atoms. The molecule has 0 saturated heterocycles. The largest absolute Gasteiger partial charge is 0.465 e. The molecule has 0 aromatic heterocycles. The molecular formula is C65H82N4O7. The number of nitrogens with two attached hydrogens (primary N) is 1. The fourth-order valence-electron chi connectivity index (χ4n) is 8.14. The van der Waals surface area contributed by atoms with Crippen molar-refractivity contribution in [2.24, 2.45) is 22.6 Å². The Morgan fingerprint density at radius 3 is 1.14 bits per heavy atom. The van der Waals surface area contributed by atoms with Gasteiger partial charge in [-0.1, -0.05) is 203 Å². The molecule has 0 radical (unpaired) electrons. The summed E-state index contributed by atoms with van der Waals surface area (Å²) >= 11 is 0. The summed E-state index contributed by atoms with van der Waals surface area (Å²) in [6, 6.07) is 57.8. The molecule has 0 bridgehead atoms. The average molecular weight is 1030 g/mol. The van der Waals surface area contributed by atoms with Crippen LogP contribution in [0.2, 0.25) is 0 Å². The maximum Gasteiger partial charge on any atom is 0.330 e. The highest BCUT2D eigenvalue weighted by Gasteiger charge is 2.25. The lowest BCUT2D eigenvalue weighted by atomic mass is 9.97. The van der Waals surface area contributed by atoms with Gasteiger partial charge in [0.15, 0.2) is 5.78 Å². The predicted octanol–water partition coefficient (Wildman–Crippen LogP) is 10.9. The Balaban J connectivity index is 0.000000331. The van der Waals surface area contributed by atoms with Gasteiger partial charge in [0.25, 0.3) is 0 Å². The number of Topliss-reactive ketones (excluding diaryl/α,β-unsaturated/α-hetero) is 1. The minimum atomic E-state index is -0.628. The van der Waals surface area contributed by atoms with E-state index in [1.54, 1.807) is 13.8 Å². The van der Waals surface area contributed by atoms with Crippen LogP contribution in [0.4, 0.5) is 0 Å². The molecule has 6 atom stereocenters. The third-order valence-electron chi connectivity index (χ3n) is 12.5. The summed E-state index contributed by atoms with van der Waals surface area (Å²) in [6.07, 6.45) is 5.13. The van der Waals surface area contributed by atoms with E-state index in [1.807, 2.05) is 203 Å². The number of hydrogen-bond donors (Lipinski definition) is 3. The van der Waals surface area contributed by atoms with Crippen molar-refractivity contribution in [3.63, 3.8) is 0 Å². The first-order valence-corrected chi connectivity index (χ1v) is 26.2. The van der Waals surface area contributed by atoms with Crippen LogP contribution < -0.4 is 16.4 Å². The second kappa shape index (κ2) is 35.7. The molecule has 11 nitrogen and oxygen atoms in total. The molecule has 11 heteroatoms. The van der Waals surface area contributed by atoms with Gasteiger partial charge in [0.2, 0.25) is 11.8 Å². The van der Waals surface area contributed by atoms with Gasteiger partial charge in [0.1, 0.15) is 12.1 Å². The highest BCUT2D eigenvalue weighted by molar-refractivity contribution is 5.94. The number of carbonyl (C=O) groups excluding carboxylic acids is 5. The van der Waals surface area contributed by atoms with Gasteiger partial charge >= 0.3 is 11.9 Å². The summed E-state index contributed by atoms with van der Waals surface area (Å²) in [4.78, 5) is 66.3. The zero-order valence-corrected chi connectivity index (χ0v) is 44.7. The van der Waals surface area contributed by atoms with Crippen LogP contribution in [0, 0.1) is 11.8 Å². The van der Waals surface area contributed by atoms with Crippen LogP contribution in [0.15, 0.2) is 187 Å². The number of ether oxygens (including phenoxy) is 2. The lowest BCUT2D eigenvalue weighted by molar-refractivity contribution is -0.145. The number of rotatable bonds is 25. The van der Waals surface area contributed by atoms with E-state index >= 15 is 0 Å². The predicted molar refractivity (Wildman–Crippen MR) is 308 cm³/mol. The van der Waals surface area contributed by atoms with E-state index in [1.165, 1.54) is 12.5 Å². The lowest BCUT2D eigenvalue weighted by Crippen LogP contribution is -2.44. The van der Waals surface area contributed by atoms with E-state index in [9.17, 15) is 24.0 Å². The third kappa shape index (κ3) is 24.2. The lowest BCUT2D eigenvalue weighted by Gasteiger charge is -2.23. The van der Waals surface area contributed by atoms with Gasteiger partial charge in [-0.25, -0.2) is 4.79 Å². The molecule has 0 saturated carbocycles.